The fraction of sp³-hybridized carbons (Fsp3) is 0.889. The molecule has 11 heavy (non-hydrogen) atoms. The molecule has 0 aliphatic rings. The highest BCUT2D eigenvalue weighted by Crippen LogP contribution is 2.02. The van der Waals surface area contributed by atoms with Gasteiger partial charge in [0.25, 0.3) is 0 Å². The molecule has 0 fully saturated rings. The van der Waals surface area contributed by atoms with E-state index in [-0.39, 0.29) is 6.04 Å². The van der Waals surface area contributed by atoms with Crippen molar-refractivity contribution in [1.82, 2.24) is 0 Å². The van der Waals surface area contributed by atoms with Gasteiger partial charge in [-0.2, -0.15) is 0 Å². The molecule has 2 N–H and O–H groups in total. The van der Waals surface area contributed by atoms with Crippen LogP contribution in [0.4, 0.5) is 0 Å². The van der Waals surface area contributed by atoms with E-state index in [2.05, 4.69) is 6.92 Å². The van der Waals surface area contributed by atoms with Gasteiger partial charge in [0.05, 0.1) is 0 Å². The van der Waals surface area contributed by atoms with E-state index in [9.17, 15) is 4.79 Å². The fourth-order valence-corrected chi connectivity index (χ4v) is 1.03. The minimum atomic E-state index is 0.0316. The monoisotopic (exact) mass is 157 g/mol. The Morgan fingerprint density at radius 2 is 2.09 bits per heavy atom. The maximum atomic E-state index is 11.0. The highest BCUT2D eigenvalue weighted by molar-refractivity contribution is 5.78. The number of hydrogen-bond acceptors (Lipinski definition) is 2. The Kier molecular flexibility index (Phi) is 6.13. The van der Waals surface area contributed by atoms with Gasteiger partial charge in [-0.25, -0.2) is 0 Å². The summed E-state index contributed by atoms with van der Waals surface area (Å²) >= 11 is 0. The quantitative estimate of drug-likeness (QED) is 0.598. The fourth-order valence-electron chi connectivity index (χ4n) is 1.03. The summed E-state index contributed by atoms with van der Waals surface area (Å²) in [7, 11) is 0. The molecule has 0 amide bonds. The first-order chi connectivity index (χ1) is 5.16. The standard InChI is InChI=1S/C9H19NO/c1-3-4-5-6-9(11)7-8(2)10/h8H,3-7,10H2,1-2H3. The first-order valence-corrected chi connectivity index (χ1v) is 4.44. The van der Waals surface area contributed by atoms with E-state index in [1.54, 1.807) is 0 Å². The topological polar surface area (TPSA) is 43.1 Å². The highest BCUT2D eigenvalue weighted by atomic mass is 16.1. The molecule has 2 nitrogen and oxygen atoms in total. The van der Waals surface area contributed by atoms with Crippen LogP contribution < -0.4 is 5.73 Å². The van der Waals surface area contributed by atoms with Crippen LogP contribution >= 0.6 is 0 Å². The van der Waals surface area contributed by atoms with Crippen LogP contribution in [-0.2, 0) is 4.79 Å². The first kappa shape index (κ1) is 10.6. The lowest BCUT2D eigenvalue weighted by molar-refractivity contribution is -0.119. The molecule has 66 valence electrons. The molecule has 0 radical (unpaired) electrons. The third kappa shape index (κ3) is 7.53. The minimum Gasteiger partial charge on any atom is -0.328 e. The second kappa shape index (κ2) is 6.35. The zero-order valence-corrected chi connectivity index (χ0v) is 7.60. The Balaban J connectivity index is 3.23. The molecule has 0 aromatic heterocycles. The van der Waals surface area contributed by atoms with Crippen molar-refractivity contribution in [3.8, 4) is 0 Å². The van der Waals surface area contributed by atoms with Gasteiger partial charge in [0, 0.05) is 18.9 Å². The summed E-state index contributed by atoms with van der Waals surface area (Å²) in [6, 6.07) is 0.0316. The number of carbonyl (C=O) groups is 1. The van der Waals surface area contributed by atoms with E-state index in [1.165, 1.54) is 6.42 Å². The third-order valence-corrected chi connectivity index (χ3v) is 1.61. The van der Waals surface area contributed by atoms with Crippen LogP contribution in [0.3, 0.4) is 0 Å². The van der Waals surface area contributed by atoms with Gasteiger partial charge in [0.15, 0.2) is 0 Å². The van der Waals surface area contributed by atoms with Gasteiger partial charge in [-0.05, 0) is 13.3 Å². The van der Waals surface area contributed by atoms with Gasteiger partial charge in [0.1, 0.15) is 5.78 Å². The summed E-state index contributed by atoms with van der Waals surface area (Å²) in [6.07, 6.45) is 4.62. The Labute approximate surface area is 69.2 Å². The van der Waals surface area contributed by atoms with Crippen molar-refractivity contribution in [2.24, 2.45) is 5.73 Å². The zero-order chi connectivity index (χ0) is 8.69. The van der Waals surface area contributed by atoms with Crippen molar-refractivity contribution in [2.75, 3.05) is 0 Å². The first-order valence-electron chi connectivity index (χ1n) is 4.44. The molecule has 0 saturated carbocycles. The molecule has 0 rings (SSSR count). The number of Topliss-reactive ketones (excluding diaryl/α,β-unsaturated/α-hetero) is 1. The third-order valence-electron chi connectivity index (χ3n) is 1.61. The van der Waals surface area contributed by atoms with Crippen LogP contribution in [0.1, 0.15) is 46.0 Å². The molecule has 0 aliphatic carbocycles. The average molecular weight is 157 g/mol. The summed E-state index contributed by atoms with van der Waals surface area (Å²) in [5.41, 5.74) is 5.48. The zero-order valence-electron chi connectivity index (χ0n) is 7.60. The van der Waals surface area contributed by atoms with Crippen molar-refractivity contribution in [3.05, 3.63) is 0 Å². The molecular weight excluding hydrogens is 138 g/mol. The minimum absolute atomic E-state index is 0.0316. The molecule has 0 aliphatic heterocycles. The Bertz CT molecular complexity index is 110. The Hall–Kier alpha value is -0.370. The van der Waals surface area contributed by atoms with E-state index in [0.29, 0.717) is 12.2 Å². The SMILES string of the molecule is CCCCCC(=O)CC(C)N. The maximum absolute atomic E-state index is 11.0. The van der Waals surface area contributed by atoms with E-state index in [1.807, 2.05) is 6.92 Å². The second-order valence-corrected chi connectivity index (χ2v) is 3.18. The number of hydrogen-bond donors (Lipinski definition) is 1. The van der Waals surface area contributed by atoms with Crippen LogP contribution in [0.25, 0.3) is 0 Å². The van der Waals surface area contributed by atoms with Gasteiger partial charge in [-0.15, -0.1) is 0 Å². The lowest BCUT2D eigenvalue weighted by Gasteiger charge is -2.02. The van der Waals surface area contributed by atoms with Crippen LogP contribution in [0.5, 0.6) is 0 Å². The second-order valence-electron chi connectivity index (χ2n) is 3.18. The normalized spacial score (nSPS) is 13.0. The molecule has 0 spiro atoms. The summed E-state index contributed by atoms with van der Waals surface area (Å²) in [6.45, 7) is 4.01. The van der Waals surface area contributed by atoms with Gasteiger partial charge in [-0.3, -0.25) is 4.79 Å². The number of unbranched alkanes of at least 4 members (excludes halogenated alkanes) is 2. The smallest absolute Gasteiger partial charge is 0.134 e. The van der Waals surface area contributed by atoms with E-state index >= 15 is 0 Å². The molecule has 0 saturated heterocycles. The molecule has 0 aromatic rings. The summed E-state index contributed by atoms with van der Waals surface area (Å²) in [4.78, 5) is 11.0. The van der Waals surface area contributed by atoms with E-state index in [0.717, 1.165) is 19.3 Å². The molecule has 0 bridgehead atoms. The highest BCUT2D eigenvalue weighted by Gasteiger charge is 2.03. The predicted molar refractivity (Wildman–Crippen MR) is 47.4 cm³/mol. The van der Waals surface area contributed by atoms with Gasteiger partial charge in [-0.1, -0.05) is 19.8 Å². The predicted octanol–water partition coefficient (Wildman–Crippen LogP) is 1.87. The lowest BCUT2D eigenvalue weighted by atomic mass is 10.1. The molecule has 0 aromatic carbocycles. The molecule has 0 heterocycles. The Morgan fingerprint density at radius 3 is 2.55 bits per heavy atom. The van der Waals surface area contributed by atoms with Crippen LogP contribution in [0.15, 0.2) is 0 Å². The summed E-state index contributed by atoms with van der Waals surface area (Å²) in [5.74, 6) is 0.313. The molecule has 1 unspecified atom stereocenters. The van der Waals surface area contributed by atoms with Crippen LogP contribution in [-0.4, -0.2) is 11.8 Å². The maximum Gasteiger partial charge on any atom is 0.134 e. The van der Waals surface area contributed by atoms with E-state index in [4.69, 9.17) is 5.73 Å². The Morgan fingerprint density at radius 1 is 1.45 bits per heavy atom. The number of ketones is 1. The van der Waals surface area contributed by atoms with Crippen molar-refractivity contribution in [1.29, 1.82) is 0 Å². The lowest BCUT2D eigenvalue weighted by Crippen LogP contribution is -2.19. The number of nitrogens with two attached hydrogens (primary N) is 1. The van der Waals surface area contributed by atoms with Crippen LogP contribution in [0.2, 0.25) is 0 Å². The van der Waals surface area contributed by atoms with E-state index < -0.39 is 0 Å². The summed E-state index contributed by atoms with van der Waals surface area (Å²) in [5, 5.41) is 0. The van der Waals surface area contributed by atoms with Crippen molar-refractivity contribution < 1.29 is 4.79 Å². The number of carbonyl (C=O) groups excluding carboxylic acids is 1. The summed E-state index contributed by atoms with van der Waals surface area (Å²) < 4.78 is 0. The molecular formula is C9H19NO. The average Bonchev–Trinajstić information content (AvgIpc) is 1.86. The largest absolute Gasteiger partial charge is 0.328 e. The van der Waals surface area contributed by atoms with Gasteiger partial charge in [0.2, 0.25) is 0 Å². The van der Waals surface area contributed by atoms with Crippen LogP contribution in [0, 0.1) is 0 Å². The van der Waals surface area contributed by atoms with Crippen molar-refractivity contribution >= 4 is 5.78 Å². The van der Waals surface area contributed by atoms with Crippen molar-refractivity contribution in [2.45, 2.75) is 52.0 Å². The molecule has 1 atom stereocenters. The van der Waals surface area contributed by atoms with Gasteiger partial charge < -0.3 is 5.73 Å². The number of rotatable bonds is 6. The van der Waals surface area contributed by atoms with Crippen molar-refractivity contribution in [3.63, 3.8) is 0 Å². The van der Waals surface area contributed by atoms with Gasteiger partial charge >= 0.3 is 0 Å². The molecule has 2 heteroatoms.